The monoisotopic (exact) mass is 506 g/mol. The van der Waals surface area contributed by atoms with E-state index in [1.165, 1.54) is 11.8 Å². The van der Waals surface area contributed by atoms with E-state index in [1.54, 1.807) is 0 Å². The highest BCUT2D eigenvalue weighted by atomic mass is 16.6. The first-order valence-electron chi connectivity index (χ1n) is 12.4. The van der Waals surface area contributed by atoms with Crippen LogP contribution in [0.15, 0.2) is 22.0 Å². The molecule has 0 aromatic carbocycles. The van der Waals surface area contributed by atoms with Gasteiger partial charge in [0.15, 0.2) is 5.78 Å². The van der Waals surface area contributed by atoms with Crippen LogP contribution in [-0.4, -0.2) is 76.0 Å². The van der Waals surface area contributed by atoms with E-state index in [1.807, 2.05) is 6.08 Å². The summed E-state index contributed by atoms with van der Waals surface area (Å²) in [6.07, 6.45) is 7.28. The Hall–Kier alpha value is -2.79. The lowest BCUT2D eigenvalue weighted by Crippen LogP contribution is -2.58. The first kappa shape index (κ1) is 26.3. The number of carbonyl (C=O) groups is 3. The van der Waals surface area contributed by atoms with Gasteiger partial charge in [-0.25, -0.2) is 9.59 Å². The SMILES string of the molecule is C[C@]12CC/C(=N/OCC(=O)O)C=C1CC[C@@H]1[C@@H]2[C@@H](O)C[C@]2(/C=N\OCC(=O)O)[C@@H](C(=O)CO)CC[C@@H]12. The predicted molar refractivity (Wildman–Crippen MR) is 126 cm³/mol. The maximum absolute atomic E-state index is 12.7. The Bertz CT molecular complexity index is 992. The molecule has 0 heterocycles. The third-order valence-electron chi connectivity index (χ3n) is 8.99. The molecule has 4 aliphatic carbocycles. The van der Waals surface area contributed by atoms with Gasteiger partial charge in [-0.2, -0.15) is 0 Å². The van der Waals surface area contributed by atoms with Gasteiger partial charge in [0.25, 0.3) is 0 Å². The number of aliphatic hydroxyl groups is 2. The van der Waals surface area contributed by atoms with Crippen LogP contribution >= 0.6 is 0 Å². The van der Waals surface area contributed by atoms with Gasteiger partial charge in [0.1, 0.15) is 6.61 Å². The first-order chi connectivity index (χ1) is 17.1. The average molecular weight is 507 g/mol. The number of allylic oxidation sites excluding steroid dienone is 2. The third kappa shape index (κ3) is 4.66. The fourth-order valence-corrected chi connectivity index (χ4v) is 7.68. The predicted octanol–water partition coefficient (Wildman–Crippen LogP) is 1.62. The van der Waals surface area contributed by atoms with Gasteiger partial charge in [0.05, 0.1) is 18.0 Å². The Morgan fingerprint density at radius 2 is 1.83 bits per heavy atom. The molecule has 0 aliphatic heterocycles. The highest BCUT2D eigenvalue weighted by Crippen LogP contribution is 2.66. The second-order valence-electron chi connectivity index (χ2n) is 10.7. The van der Waals surface area contributed by atoms with Crippen molar-refractivity contribution in [1.82, 2.24) is 0 Å². The molecular formula is C25H34N2O9. The van der Waals surface area contributed by atoms with E-state index in [9.17, 15) is 24.6 Å². The summed E-state index contributed by atoms with van der Waals surface area (Å²) in [7, 11) is 0. The van der Waals surface area contributed by atoms with Gasteiger partial charge in [-0.15, -0.1) is 0 Å². The Morgan fingerprint density at radius 3 is 2.53 bits per heavy atom. The van der Waals surface area contributed by atoms with Crippen LogP contribution in [0.1, 0.15) is 51.9 Å². The normalized spacial score (nSPS) is 38.6. The minimum atomic E-state index is -1.16. The van der Waals surface area contributed by atoms with Crippen molar-refractivity contribution in [3.05, 3.63) is 11.6 Å². The second-order valence-corrected chi connectivity index (χ2v) is 10.7. The van der Waals surface area contributed by atoms with Crippen LogP contribution in [-0.2, 0) is 24.1 Å². The van der Waals surface area contributed by atoms with Crippen molar-refractivity contribution in [3.8, 4) is 0 Å². The lowest BCUT2D eigenvalue weighted by molar-refractivity contribution is -0.143. The van der Waals surface area contributed by atoms with E-state index in [0.29, 0.717) is 18.6 Å². The number of rotatable bonds is 9. The minimum Gasteiger partial charge on any atom is -0.479 e. The van der Waals surface area contributed by atoms with Crippen LogP contribution in [0.3, 0.4) is 0 Å². The van der Waals surface area contributed by atoms with Gasteiger partial charge in [-0.05, 0) is 74.2 Å². The van der Waals surface area contributed by atoms with Crippen LogP contribution in [0.5, 0.6) is 0 Å². The number of hydrogen-bond acceptors (Lipinski definition) is 9. The first-order valence-corrected chi connectivity index (χ1v) is 12.4. The number of oxime groups is 2. The summed E-state index contributed by atoms with van der Waals surface area (Å²) in [5.41, 5.74) is 0.774. The summed E-state index contributed by atoms with van der Waals surface area (Å²) >= 11 is 0. The highest BCUT2D eigenvalue weighted by molar-refractivity contribution is 5.96. The van der Waals surface area contributed by atoms with Gasteiger partial charge in [0.2, 0.25) is 13.2 Å². The van der Waals surface area contributed by atoms with E-state index < -0.39 is 49.2 Å². The third-order valence-corrected chi connectivity index (χ3v) is 8.99. The summed E-state index contributed by atoms with van der Waals surface area (Å²) in [6.45, 7) is 0.472. The van der Waals surface area contributed by atoms with Gasteiger partial charge >= 0.3 is 11.9 Å². The zero-order valence-electron chi connectivity index (χ0n) is 20.3. The molecule has 0 unspecified atom stereocenters. The quantitative estimate of drug-likeness (QED) is 0.267. The maximum atomic E-state index is 12.7. The molecule has 3 saturated carbocycles. The summed E-state index contributed by atoms with van der Waals surface area (Å²) in [5.74, 6) is -2.96. The van der Waals surface area contributed by atoms with E-state index in [-0.39, 0.29) is 35.4 Å². The molecule has 4 aliphatic rings. The van der Waals surface area contributed by atoms with Crippen LogP contribution in [0.2, 0.25) is 0 Å². The van der Waals surface area contributed by atoms with Crippen LogP contribution in [0, 0.1) is 34.5 Å². The second kappa shape index (κ2) is 10.3. The number of fused-ring (bicyclic) bond motifs is 5. The number of aliphatic hydroxyl groups excluding tert-OH is 2. The zero-order chi connectivity index (χ0) is 26.1. The fraction of sp³-hybridized carbons (Fsp3) is 0.720. The summed E-state index contributed by atoms with van der Waals surface area (Å²) in [4.78, 5) is 44.2. The molecule has 36 heavy (non-hydrogen) atoms. The molecule has 7 atom stereocenters. The Morgan fingerprint density at radius 1 is 1.11 bits per heavy atom. The molecule has 11 heteroatoms. The smallest absolute Gasteiger partial charge is 0.344 e. The lowest BCUT2D eigenvalue weighted by Gasteiger charge is -2.59. The van der Waals surface area contributed by atoms with E-state index in [0.717, 1.165) is 25.7 Å². The number of carboxylic acids is 2. The molecule has 0 aromatic heterocycles. The van der Waals surface area contributed by atoms with E-state index >= 15 is 0 Å². The number of ketones is 1. The summed E-state index contributed by atoms with van der Waals surface area (Å²) in [6, 6.07) is 0. The standard InChI is InChI=1S/C25H34N2O9/c1-24-7-6-15(27-36-12-22(33)34)8-14(24)2-3-16-17-4-5-18(20(30)10-28)25(17,9-19(29)23(16)24)13-26-35-11-21(31)32/h8,13,16-19,23,28-29H,2-7,9-12H2,1H3,(H,31,32)(H,33,34)/b26-13-,27-15-/t16-,17-,18+,19-,23+,24-,25+/m0/s1. The van der Waals surface area contributed by atoms with Crippen molar-refractivity contribution in [1.29, 1.82) is 0 Å². The molecular weight excluding hydrogens is 472 g/mol. The largest absolute Gasteiger partial charge is 0.479 e. The zero-order valence-corrected chi connectivity index (χ0v) is 20.3. The molecule has 198 valence electrons. The Labute approximate surface area is 208 Å². The molecule has 0 spiro atoms. The van der Waals surface area contributed by atoms with Crippen LogP contribution in [0.25, 0.3) is 0 Å². The van der Waals surface area contributed by atoms with Gasteiger partial charge < -0.3 is 30.1 Å². The van der Waals surface area contributed by atoms with E-state index in [2.05, 4.69) is 17.2 Å². The van der Waals surface area contributed by atoms with Gasteiger partial charge in [-0.1, -0.05) is 22.8 Å². The average Bonchev–Trinajstić information content (AvgIpc) is 3.20. The molecule has 0 bridgehead atoms. The fourth-order valence-electron chi connectivity index (χ4n) is 7.68. The maximum Gasteiger partial charge on any atom is 0.344 e. The van der Waals surface area contributed by atoms with Crippen LogP contribution in [0.4, 0.5) is 0 Å². The highest BCUT2D eigenvalue weighted by Gasteiger charge is 2.64. The molecule has 11 nitrogen and oxygen atoms in total. The topological polar surface area (TPSA) is 175 Å². The molecule has 0 saturated heterocycles. The van der Waals surface area contributed by atoms with Crippen molar-refractivity contribution in [2.45, 2.75) is 58.0 Å². The molecule has 0 aromatic rings. The van der Waals surface area contributed by atoms with Gasteiger partial charge in [0, 0.05) is 11.3 Å². The van der Waals surface area contributed by atoms with Crippen molar-refractivity contribution in [2.75, 3.05) is 19.8 Å². The number of carboxylic acid groups (broad SMARTS) is 2. The van der Waals surface area contributed by atoms with Crippen LogP contribution < -0.4 is 0 Å². The number of carbonyl (C=O) groups excluding carboxylic acids is 1. The summed E-state index contributed by atoms with van der Waals surface area (Å²) in [5, 5.41) is 46.8. The minimum absolute atomic E-state index is 0.0379. The number of aliphatic carboxylic acids is 2. The van der Waals surface area contributed by atoms with Gasteiger partial charge in [-0.3, -0.25) is 4.79 Å². The Kier molecular flexibility index (Phi) is 7.51. The van der Waals surface area contributed by atoms with Crippen molar-refractivity contribution >= 4 is 29.6 Å². The summed E-state index contributed by atoms with van der Waals surface area (Å²) < 4.78 is 0. The van der Waals surface area contributed by atoms with E-state index in [4.69, 9.17) is 19.9 Å². The molecule has 3 fully saturated rings. The number of nitrogens with zero attached hydrogens (tertiary/aromatic N) is 2. The van der Waals surface area contributed by atoms with Crippen molar-refractivity contribution in [3.63, 3.8) is 0 Å². The number of hydrogen-bond donors (Lipinski definition) is 4. The lowest BCUT2D eigenvalue weighted by atomic mass is 9.45. The Balaban J connectivity index is 1.63. The molecule has 4 rings (SSSR count). The molecule has 0 radical (unpaired) electrons. The van der Waals surface area contributed by atoms with Crippen molar-refractivity contribution in [2.24, 2.45) is 44.8 Å². The number of Topliss-reactive ketones (excluding diaryl/α,β-unsaturated/α-hetero) is 1. The molecule has 0 amide bonds. The van der Waals surface area contributed by atoms with Crippen molar-refractivity contribution < 1.29 is 44.5 Å². The molecule has 4 N–H and O–H groups in total.